The highest BCUT2D eigenvalue weighted by Gasteiger charge is 2.30. The van der Waals surface area contributed by atoms with Gasteiger partial charge in [-0.3, -0.25) is 0 Å². The van der Waals surface area contributed by atoms with Crippen LogP contribution in [0.15, 0.2) is 47.8 Å². The standard InChI is InChI=1S/C13H8F3N3OS/c14-13(15,16)20-10-3-1-8(2-4-10)11-7-9-5-6-17-19(9)12(21)18-11/h1-7H,(H,18,21). The van der Waals surface area contributed by atoms with Crippen LogP contribution >= 0.6 is 12.6 Å². The van der Waals surface area contributed by atoms with Crippen LogP contribution in [0, 0.1) is 0 Å². The number of hydrogen-bond acceptors (Lipinski definition) is 4. The van der Waals surface area contributed by atoms with Gasteiger partial charge in [-0.15, -0.1) is 25.8 Å². The molecule has 21 heavy (non-hydrogen) atoms. The van der Waals surface area contributed by atoms with Gasteiger partial charge in [-0.2, -0.15) is 5.10 Å². The van der Waals surface area contributed by atoms with E-state index in [9.17, 15) is 13.2 Å². The minimum Gasteiger partial charge on any atom is -0.406 e. The molecule has 0 bridgehead atoms. The summed E-state index contributed by atoms with van der Waals surface area (Å²) in [5, 5.41) is 4.43. The highest BCUT2D eigenvalue weighted by atomic mass is 32.1. The number of aromatic nitrogens is 3. The van der Waals surface area contributed by atoms with E-state index < -0.39 is 6.36 Å². The number of thiol groups is 1. The summed E-state index contributed by atoms with van der Waals surface area (Å²) in [5.74, 6) is -0.275. The largest absolute Gasteiger partial charge is 0.573 e. The van der Waals surface area contributed by atoms with Crippen LogP contribution in [0.2, 0.25) is 0 Å². The van der Waals surface area contributed by atoms with Gasteiger partial charge in [0.25, 0.3) is 0 Å². The second-order valence-corrected chi connectivity index (χ2v) is 4.58. The number of benzene rings is 1. The van der Waals surface area contributed by atoms with Crippen LogP contribution in [0.5, 0.6) is 5.75 Å². The van der Waals surface area contributed by atoms with E-state index in [1.54, 1.807) is 22.8 Å². The molecule has 8 heteroatoms. The van der Waals surface area contributed by atoms with Crippen molar-refractivity contribution in [2.75, 3.05) is 0 Å². The van der Waals surface area contributed by atoms with Gasteiger partial charge >= 0.3 is 6.36 Å². The number of hydrogen-bond donors (Lipinski definition) is 1. The number of nitrogens with zero attached hydrogens (tertiary/aromatic N) is 3. The van der Waals surface area contributed by atoms with Crippen LogP contribution in [-0.4, -0.2) is 21.0 Å². The normalized spacial score (nSPS) is 11.8. The lowest BCUT2D eigenvalue weighted by atomic mass is 10.1. The summed E-state index contributed by atoms with van der Waals surface area (Å²) in [6, 6.07) is 9.04. The lowest BCUT2D eigenvalue weighted by Crippen LogP contribution is -2.16. The smallest absolute Gasteiger partial charge is 0.406 e. The van der Waals surface area contributed by atoms with E-state index in [1.807, 2.05) is 0 Å². The van der Waals surface area contributed by atoms with Gasteiger partial charge in [-0.25, -0.2) is 9.50 Å². The van der Waals surface area contributed by atoms with Crippen LogP contribution in [0.3, 0.4) is 0 Å². The third-order valence-corrected chi connectivity index (χ3v) is 3.04. The maximum Gasteiger partial charge on any atom is 0.573 e. The van der Waals surface area contributed by atoms with E-state index in [4.69, 9.17) is 0 Å². The maximum atomic E-state index is 12.1. The molecule has 0 spiro atoms. The molecule has 1 aromatic carbocycles. The summed E-state index contributed by atoms with van der Waals surface area (Å²) < 4.78 is 41.7. The minimum atomic E-state index is -4.70. The van der Waals surface area contributed by atoms with E-state index in [-0.39, 0.29) is 5.75 Å². The third kappa shape index (κ3) is 2.94. The zero-order valence-corrected chi connectivity index (χ0v) is 11.3. The summed E-state index contributed by atoms with van der Waals surface area (Å²) in [6.07, 6.45) is -3.09. The Morgan fingerprint density at radius 2 is 1.81 bits per heavy atom. The first kappa shape index (κ1) is 13.7. The van der Waals surface area contributed by atoms with Crippen LogP contribution in [0.25, 0.3) is 16.8 Å². The zero-order valence-electron chi connectivity index (χ0n) is 10.4. The fourth-order valence-corrected chi connectivity index (χ4v) is 2.17. The highest BCUT2D eigenvalue weighted by molar-refractivity contribution is 7.80. The number of ether oxygens (including phenoxy) is 1. The molecule has 0 aliphatic rings. The van der Waals surface area contributed by atoms with Gasteiger partial charge in [0.1, 0.15) is 5.75 Å². The molecule has 0 saturated carbocycles. The molecule has 0 atom stereocenters. The van der Waals surface area contributed by atoms with Crippen LogP contribution in [-0.2, 0) is 0 Å². The highest BCUT2D eigenvalue weighted by Crippen LogP contribution is 2.26. The van der Waals surface area contributed by atoms with Crippen molar-refractivity contribution in [1.29, 1.82) is 0 Å². The van der Waals surface area contributed by atoms with Crippen molar-refractivity contribution in [3.63, 3.8) is 0 Å². The average molecular weight is 311 g/mol. The molecule has 3 aromatic rings. The van der Waals surface area contributed by atoms with Gasteiger partial charge < -0.3 is 4.74 Å². The molecule has 0 aliphatic carbocycles. The molecule has 3 rings (SSSR count). The second-order valence-electron chi connectivity index (χ2n) is 4.18. The summed E-state index contributed by atoms with van der Waals surface area (Å²) in [5.41, 5.74) is 2.04. The zero-order chi connectivity index (χ0) is 15.0. The van der Waals surface area contributed by atoms with Gasteiger partial charge in [-0.05, 0) is 36.4 Å². The Bertz CT molecular complexity index is 783. The van der Waals surface area contributed by atoms with Gasteiger partial charge in [0.2, 0.25) is 0 Å². The fourth-order valence-electron chi connectivity index (χ4n) is 1.89. The number of fused-ring (bicyclic) bond motifs is 1. The predicted octanol–water partition coefficient (Wildman–Crippen LogP) is 3.58. The molecule has 0 N–H and O–H groups in total. The van der Waals surface area contributed by atoms with Crippen LogP contribution < -0.4 is 4.74 Å². The summed E-state index contributed by atoms with van der Waals surface area (Å²) in [4.78, 5) is 4.25. The van der Waals surface area contributed by atoms with Crippen molar-refractivity contribution >= 4 is 18.1 Å². The maximum absolute atomic E-state index is 12.1. The van der Waals surface area contributed by atoms with E-state index in [1.165, 1.54) is 24.3 Å². The Morgan fingerprint density at radius 1 is 1.10 bits per heavy atom. The molecular weight excluding hydrogens is 303 g/mol. The Morgan fingerprint density at radius 3 is 2.48 bits per heavy atom. The first-order valence-electron chi connectivity index (χ1n) is 5.82. The fraction of sp³-hybridized carbons (Fsp3) is 0.0769. The predicted molar refractivity (Wildman–Crippen MR) is 72.4 cm³/mol. The Balaban J connectivity index is 1.95. The Hall–Kier alpha value is -2.22. The number of alkyl halides is 3. The van der Waals surface area contributed by atoms with E-state index >= 15 is 0 Å². The number of rotatable bonds is 2. The van der Waals surface area contributed by atoms with Gasteiger partial charge in [-0.1, -0.05) is 0 Å². The van der Waals surface area contributed by atoms with Crippen molar-refractivity contribution < 1.29 is 17.9 Å². The average Bonchev–Trinajstić information content (AvgIpc) is 2.86. The molecule has 0 fully saturated rings. The van der Waals surface area contributed by atoms with E-state index in [2.05, 4.69) is 27.4 Å². The summed E-state index contributed by atoms with van der Waals surface area (Å²) >= 11 is 4.23. The first-order chi connectivity index (χ1) is 9.92. The molecule has 2 heterocycles. The molecule has 0 aliphatic heterocycles. The lowest BCUT2D eigenvalue weighted by Gasteiger charge is -2.09. The summed E-state index contributed by atoms with van der Waals surface area (Å²) in [7, 11) is 0. The molecule has 0 amide bonds. The molecule has 2 aromatic heterocycles. The van der Waals surface area contributed by atoms with Crippen molar-refractivity contribution in [2.24, 2.45) is 0 Å². The molecule has 0 saturated heterocycles. The molecule has 0 radical (unpaired) electrons. The Labute approximate surface area is 122 Å². The van der Waals surface area contributed by atoms with E-state index in [0.717, 1.165) is 5.52 Å². The SMILES string of the molecule is FC(F)(F)Oc1ccc(-c2cc3ccnn3c(S)n2)cc1. The van der Waals surface area contributed by atoms with Crippen LogP contribution in [0.4, 0.5) is 13.2 Å². The lowest BCUT2D eigenvalue weighted by molar-refractivity contribution is -0.274. The summed E-state index contributed by atoms with van der Waals surface area (Å²) in [6.45, 7) is 0. The topological polar surface area (TPSA) is 39.4 Å². The van der Waals surface area contributed by atoms with Crippen molar-refractivity contribution in [2.45, 2.75) is 11.5 Å². The van der Waals surface area contributed by atoms with Crippen molar-refractivity contribution in [3.05, 3.63) is 42.6 Å². The second kappa shape index (κ2) is 4.96. The number of halogens is 3. The Kier molecular flexibility index (Phi) is 3.25. The van der Waals surface area contributed by atoms with Crippen molar-refractivity contribution in [1.82, 2.24) is 14.6 Å². The quantitative estimate of drug-likeness (QED) is 0.581. The minimum absolute atomic E-state index is 0.275. The van der Waals surface area contributed by atoms with Gasteiger partial charge in [0.05, 0.1) is 17.4 Å². The van der Waals surface area contributed by atoms with Crippen LogP contribution in [0.1, 0.15) is 0 Å². The first-order valence-corrected chi connectivity index (χ1v) is 6.27. The molecule has 4 nitrogen and oxygen atoms in total. The molecular formula is C13H8F3N3OS. The molecule has 108 valence electrons. The molecule has 0 unspecified atom stereocenters. The monoisotopic (exact) mass is 311 g/mol. The third-order valence-electron chi connectivity index (χ3n) is 2.75. The van der Waals surface area contributed by atoms with Crippen molar-refractivity contribution in [3.8, 4) is 17.0 Å². The van der Waals surface area contributed by atoms with E-state index in [0.29, 0.717) is 16.4 Å². The van der Waals surface area contributed by atoms with Gasteiger partial charge in [0, 0.05) is 5.56 Å². The van der Waals surface area contributed by atoms with Gasteiger partial charge in [0.15, 0.2) is 5.16 Å².